The number of rotatable bonds is 22. The van der Waals surface area contributed by atoms with Gasteiger partial charge in [0.2, 0.25) is 17.5 Å². The van der Waals surface area contributed by atoms with Gasteiger partial charge in [-0.05, 0) is 74.8 Å². The Morgan fingerprint density at radius 2 is 1.62 bits per heavy atom. The predicted octanol–water partition coefficient (Wildman–Crippen LogP) is 3.64. The number of nitriles is 1. The molecule has 1 amide bonds. The van der Waals surface area contributed by atoms with E-state index in [0.717, 1.165) is 5.56 Å². The molecule has 20 heteroatoms. The molecule has 0 aliphatic carbocycles. The summed E-state index contributed by atoms with van der Waals surface area (Å²) < 4.78 is 22.6. The van der Waals surface area contributed by atoms with Crippen LogP contribution in [-0.4, -0.2) is 84.1 Å². The summed E-state index contributed by atoms with van der Waals surface area (Å²) in [5, 5.41) is 13.6. The second-order valence-electron chi connectivity index (χ2n) is 13.8. The highest BCUT2D eigenvalue weighted by atomic mass is 35.5. The minimum absolute atomic E-state index is 0.0164. The van der Waals surface area contributed by atoms with Crippen LogP contribution in [0, 0.1) is 23.8 Å². The first kappa shape index (κ1) is 47.6. The third-order valence-corrected chi connectivity index (χ3v) is 10.3. The molecule has 4 rings (SSSR count). The monoisotopic (exact) mass is 874 g/mol. The number of benzene rings is 2. The number of ether oxygens (including phenoxy) is 3. The number of nitrogens with one attached hydrogen (secondary N) is 1. The molecule has 0 bridgehead atoms. The molecule has 2 aromatic heterocycles. The van der Waals surface area contributed by atoms with Crippen molar-refractivity contribution in [2.45, 2.75) is 68.1 Å². The number of hydrogen-bond acceptors (Lipinski definition) is 17. The van der Waals surface area contributed by atoms with Gasteiger partial charge >= 0.3 is 11.9 Å². The van der Waals surface area contributed by atoms with E-state index in [4.69, 9.17) is 65.5 Å². The largest absolute Gasteiger partial charge is 0.490 e. The molecule has 0 radical (unpaired) electrons. The van der Waals surface area contributed by atoms with Gasteiger partial charge in [0.25, 0.3) is 0 Å². The van der Waals surface area contributed by atoms with E-state index in [1.807, 2.05) is 0 Å². The highest BCUT2D eigenvalue weighted by molar-refractivity contribution is 7.98. The van der Waals surface area contributed by atoms with Crippen LogP contribution in [0.25, 0.3) is 27.4 Å². The number of nitrogens with two attached hydrogens (primary N) is 5. The van der Waals surface area contributed by atoms with Crippen molar-refractivity contribution >= 4 is 58.5 Å². The Morgan fingerprint density at radius 1 is 0.967 bits per heavy atom. The number of carbonyl (C=O) groups is 4. The van der Waals surface area contributed by atoms with Crippen molar-refractivity contribution in [2.24, 2.45) is 28.9 Å². The van der Waals surface area contributed by atoms with Gasteiger partial charge in [0, 0.05) is 28.3 Å². The molecule has 0 saturated carbocycles. The SMILES string of the molecule is [C-]#[N+]c1c(N)nc(SCc2coc(-c3ccc(Cl)cc3)n2)c(C#N)c1-c1ccc(OC[C@@H](COC(=O)[C@H](C)CC(=O)[C@@H](N)CCN)OC(=O)[C@H](C)NC(=O)[C@@H](N)CCN)cc1. The second-order valence-corrected chi connectivity index (χ2v) is 15.2. The molecule has 0 spiro atoms. The number of thioether (sulfide) groups is 1. The van der Waals surface area contributed by atoms with Crippen molar-refractivity contribution in [1.29, 1.82) is 5.26 Å². The number of Topliss-reactive ketones (excluding diaryl/α,β-unsaturated/α-hetero) is 1. The molecule has 322 valence electrons. The Hall–Kier alpha value is -6.06. The van der Waals surface area contributed by atoms with Crippen molar-refractivity contribution in [3.63, 3.8) is 0 Å². The van der Waals surface area contributed by atoms with Crippen molar-refractivity contribution in [1.82, 2.24) is 15.3 Å². The number of hydrogen-bond donors (Lipinski definition) is 6. The van der Waals surface area contributed by atoms with E-state index in [1.54, 1.807) is 48.5 Å². The zero-order valence-corrected chi connectivity index (χ0v) is 35.0. The first-order valence-corrected chi connectivity index (χ1v) is 20.3. The van der Waals surface area contributed by atoms with Gasteiger partial charge in [-0.3, -0.25) is 14.4 Å². The van der Waals surface area contributed by atoms with Gasteiger partial charge in [0.05, 0.1) is 35.8 Å². The molecule has 5 atom stereocenters. The maximum atomic E-state index is 13.1. The van der Waals surface area contributed by atoms with Crippen molar-refractivity contribution in [2.75, 3.05) is 32.0 Å². The zero-order chi connectivity index (χ0) is 44.6. The number of anilines is 1. The van der Waals surface area contributed by atoms with Crippen molar-refractivity contribution < 1.29 is 37.8 Å². The second kappa shape index (κ2) is 23.1. The van der Waals surface area contributed by atoms with Crippen LogP contribution in [0.2, 0.25) is 5.02 Å². The van der Waals surface area contributed by atoms with E-state index in [9.17, 15) is 24.4 Å². The number of carbonyl (C=O) groups excluding carboxylic acids is 4. The van der Waals surface area contributed by atoms with E-state index in [0.29, 0.717) is 22.2 Å². The highest BCUT2D eigenvalue weighted by Crippen LogP contribution is 2.42. The molecule has 0 fully saturated rings. The minimum Gasteiger partial charge on any atom is -0.490 e. The Morgan fingerprint density at radius 3 is 2.26 bits per heavy atom. The Labute approximate surface area is 361 Å². The summed E-state index contributed by atoms with van der Waals surface area (Å²) in [5.41, 5.74) is 31.0. The van der Waals surface area contributed by atoms with Gasteiger partial charge in [-0.2, -0.15) is 5.26 Å². The third-order valence-electron chi connectivity index (χ3n) is 8.99. The van der Waals surface area contributed by atoms with Crippen LogP contribution < -0.4 is 38.7 Å². The minimum atomic E-state index is -1.18. The van der Waals surface area contributed by atoms with Crippen LogP contribution in [0.5, 0.6) is 5.75 Å². The van der Waals surface area contributed by atoms with Crippen molar-refractivity contribution in [3.05, 3.63) is 82.5 Å². The molecule has 0 aliphatic heterocycles. The number of pyridine rings is 1. The third kappa shape index (κ3) is 13.5. The summed E-state index contributed by atoms with van der Waals surface area (Å²) in [6, 6.07) is 12.6. The number of amides is 1. The van der Waals surface area contributed by atoms with Crippen LogP contribution in [0.4, 0.5) is 11.5 Å². The zero-order valence-electron chi connectivity index (χ0n) is 33.5. The van der Waals surface area contributed by atoms with E-state index < -0.39 is 54.6 Å². The molecule has 18 nitrogen and oxygen atoms in total. The fraction of sp³-hybridized carbons (Fsp3) is 0.366. The maximum Gasteiger partial charge on any atom is 0.328 e. The normalized spacial score (nSPS) is 13.4. The molecule has 2 aromatic carbocycles. The predicted molar refractivity (Wildman–Crippen MR) is 228 cm³/mol. The molecule has 0 aliphatic rings. The summed E-state index contributed by atoms with van der Waals surface area (Å²) >= 11 is 7.19. The lowest BCUT2D eigenvalue weighted by Crippen LogP contribution is -2.49. The molecule has 11 N–H and O–H groups in total. The fourth-order valence-corrected chi connectivity index (χ4v) is 6.59. The first-order valence-electron chi connectivity index (χ1n) is 19.0. The van der Waals surface area contributed by atoms with Gasteiger partial charge in [-0.25, -0.2) is 19.6 Å². The van der Waals surface area contributed by atoms with E-state index in [1.165, 1.54) is 31.9 Å². The number of halogens is 1. The van der Waals surface area contributed by atoms with Crippen LogP contribution in [0.1, 0.15) is 44.4 Å². The standard InChI is InChI=1S/C41H47ClN10O8S/c1-22(16-33(53)31(46)12-14-43)40(55)59-20-29(60-41(56)23(2)50-37(54)32(47)13-15-44)19-57-28-10-6-24(7-11-28)34-30(17-45)39(52-36(48)35(34)49-3)61-21-27-18-58-38(51-27)25-4-8-26(42)9-5-25/h4-11,18,22-23,29,31-32H,12-16,19-21,43-44,46-47H2,1-2H3,(H2,48,52)(H,50,54)/t22-,23+,29+,31+,32+/m1/s1. The Balaban J connectivity index is 1.50. The quantitative estimate of drug-likeness (QED) is 0.0373. The molecular formula is C41H47ClN10O8S. The van der Waals surface area contributed by atoms with Gasteiger partial charge in [0.15, 0.2) is 6.10 Å². The molecule has 2 heterocycles. The lowest BCUT2D eigenvalue weighted by molar-refractivity contribution is -0.164. The average molecular weight is 875 g/mol. The molecule has 4 aromatic rings. The summed E-state index contributed by atoms with van der Waals surface area (Å²) in [6.45, 7) is 10.3. The van der Waals surface area contributed by atoms with Gasteiger partial charge < -0.3 is 52.6 Å². The average Bonchev–Trinajstić information content (AvgIpc) is 3.72. The summed E-state index contributed by atoms with van der Waals surface area (Å²) in [5.74, 6) is -2.56. The Bertz CT molecular complexity index is 2240. The number of ketones is 1. The Kier molecular flexibility index (Phi) is 18.0. The number of aromatic nitrogens is 2. The molecule has 61 heavy (non-hydrogen) atoms. The lowest BCUT2D eigenvalue weighted by atomic mass is 9.99. The number of nitrogens with zero attached hydrogens (tertiary/aromatic N) is 4. The number of nitrogen functional groups attached to an aromatic ring is 1. The maximum absolute atomic E-state index is 13.1. The van der Waals surface area contributed by atoms with Crippen molar-refractivity contribution in [3.8, 4) is 34.4 Å². The molecular weight excluding hydrogens is 828 g/mol. The summed E-state index contributed by atoms with van der Waals surface area (Å²) in [4.78, 5) is 63.2. The number of oxazole rings is 1. The van der Waals surface area contributed by atoms with Gasteiger partial charge in [0.1, 0.15) is 54.0 Å². The number of esters is 2. The highest BCUT2D eigenvalue weighted by Gasteiger charge is 2.28. The first-order chi connectivity index (χ1) is 29.2. The molecule has 0 unspecified atom stereocenters. The van der Waals surface area contributed by atoms with Crippen LogP contribution >= 0.6 is 23.4 Å². The summed E-state index contributed by atoms with van der Waals surface area (Å²) in [7, 11) is 0. The lowest BCUT2D eigenvalue weighted by Gasteiger charge is -2.22. The van der Waals surface area contributed by atoms with Gasteiger partial charge in [-0.15, -0.1) is 0 Å². The van der Waals surface area contributed by atoms with E-state index in [2.05, 4.69) is 26.2 Å². The fourth-order valence-electron chi connectivity index (χ4n) is 5.59. The van der Waals surface area contributed by atoms with E-state index in [-0.39, 0.29) is 83.9 Å². The van der Waals surface area contributed by atoms with Crippen LogP contribution in [0.3, 0.4) is 0 Å². The van der Waals surface area contributed by atoms with Gasteiger partial charge in [-0.1, -0.05) is 42.4 Å². The summed E-state index contributed by atoms with van der Waals surface area (Å²) in [6.07, 6.45) is 0.594. The van der Waals surface area contributed by atoms with Crippen LogP contribution in [0.15, 0.2) is 64.2 Å². The topological polar surface area (TPSA) is 305 Å². The smallest absolute Gasteiger partial charge is 0.328 e. The molecule has 0 saturated heterocycles. The van der Waals surface area contributed by atoms with Crippen LogP contribution in [-0.2, 0) is 34.4 Å². The van der Waals surface area contributed by atoms with E-state index >= 15 is 0 Å².